The lowest BCUT2D eigenvalue weighted by Crippen LogP contribution is -2.17. The molecule has 1 aromatic rings. The van der Waals surface area contributed by atoms with Crippen LogP contribution in [0.5, 0.6) is 5.75 Å². The molecular formula is C8H5ClF3N3O. The van der Waals surface area contributed by atoms with E-state index in [0.29, 0.717) is 5.56 Å². The van der Waals surface area contributed by atoms with E-state index >= 15 is 0 Å². The number of hydrogen-bond acceptors (Lipinski definition) is 2. The average molecular weight is 252 g/mol. The second kappa shape index (κ2) is 4.51. The van der Waals surface area contributed by atoms with E-state index in [-0.39, 0.29) is 10.7 Å². The number of halogens is 4. The summed E-state index contributed by atoms with van der Waals surface area (Å²) in [6, 6.07) is 2.16. The second-order valence-corrected chi connectivity index (χ2v) is 3.21. The molecule has 0 saturated carbocycles. The van der Waals surface area contributed by atoms with Crippen LogP contribution >= 0.6 is 11.6 Å². The SMILES string of the molecule is Cc1cc(OC(F)(F)F)c(Cl)cc1N=[N+]=[N-]. The Morgan fingerprint density at radius 1 is 1.44 bits per heavy atom. The van der Waals surface area contributed by atoms with E-state index in [4.69, 9.17) is 17.1 Å². The van der Waals surface area contributed by atoms with E-state index in [1.54, 1.807) is 0 Å². The molecule has 0 aliphatic heterocycles. The fourth-order valence-corrected chi connectivity index (χ4v) is 1.20. The largest absolute Gasteiger partial charge is 0.573 e. The first-order chi connectivity index (χ1) is 7.33. The number of ether oxygens (including phenoxy) is 1. The van der Waals surface area contributed by atoms with E-state index < -0.39 is 12.1 Å². The van der Waals surface area contributed by atoms with Crippen molar-refractivity contribution in [2.45, 2.75) is 13.3 Å². The molecular weight excluding hydrogens is 247 g/mol. The number of aryl methyl sites for hydroxylation is 1. The highest BCUT2D eigenvalue weighted by Gasteiger charge is 2.32. The molecule has 0 heterocycles. The maximum atomic E-state index is 11.9. The minimum absolute atomic E-state index is 0.155. The fraction of sp³-hybridized carbons (Fsp3) is 0.250. The molecule has 8 heteroatoms. The molecule has 0 fully saturated rings. The van der Waals surface area contributed by atoms with E-state index in [2.05, 4.69) is 14.8 Å². The van der Waals surface area contributed by atoms with Gasteiger partial charge in [-0.05, 0) is 30.2 Å². The fourth-order valence-electron chi connectivity index (χ4n) is 1.00. The molecule has 0 unspecified atom stereocenters. The van der Waals surface area contributed by atoms with Gasteiger partial charge in [-0.15, -0.1) is 13.2 Å². The van der Waals surface area contributed by atoms with Crippen molar-refractivity contribution in [2.24, 2.45) is 5.11 Å². The lowest BCUT2D eigenvalue weighted by atomic mass is 10.2. The molecule has 0 radical (unpaired) electrons. The quantitative estimate of drug-likeness (QED) is 0.434. The van der Waals surface area contributed by atoms with Gasteiger partial charge in [0.25, 0.3) is 0 Å². The van der Waals surface area contributed by atoms with Crippen molar-refractivity contribution in [3.63, 3.8) is 0 Å². The predicted octanol–water partition coefficient (Wildman–Crippen LogP) is 4.49. The topological polar surface area (TPSA) is 58.0 Å². The van der Waals surface area contributed by atoms with Crippen LogP contribution in [0, 0.1) is 6.92 Å². The van der Waals surface area contributed by atoms with Gasteiger partial charge in [-0.2, -0.15) is 0 Å². The van der Waals surface area contributed by atoms with Gasteiger partial charge in [-0.25, -0.2) is 0 Å². The van der Waals surface area contributed by atoms with Gasteiger partial charge >= 0.3 is 6.36 Å². The highest BCUT2D eigenvalue weighted by molar-refractivity contribution is 6.32. The van der Waals surface area contributed by atoms with Crippen LogP contribution in [-0.2, 0) is 0 Å². The van der Waals surface area contributed by atoms with Gasteiger partial charge in [0.15, 0.2) is 0 Å². The molecule has 0 amide bonds. The Morgan fingerprint density at radius 2 is 2.06 bits per heavy atom. The molecule has 0 spiro atoms. The molecule has 0 saturated heterocycles. The molecule has 1 rings (SSSR count). The van der Waals surface area contributed by atoms with E-state index in [1.807, 2.05) is 0 Å². The van der Waals surface area contributed by atoms with Crippen LogP contribution in [0.4, 0.5) is 18.9 Å². The van der Waals surface area contributed by atoms with Gasteiger partial charge in [0.05, 0.1) is 5.02 Å². The third-order valence-electron chi connectivity index (χ3n) is 1.63. The Bertz CT molecular complexity index is 455. The lowest BCUT2D eigenvalue weighted by molar-refractivity contribution is -0.274. The van der Waals surface area contributed by atoms with Crippen molar-refractivity contribution in [1.29, 1.82) is 0 Å². The summed E-state index contributed by atoms with van der Waals surface area (Å²) in [4.78, 5) is 2.52. The Balaban J connectivity index is 3.15. The zero-order valence-corrected chi connectivity index (χ0v) is 8.67. The molecule has 4 nitrogen and oxygen atoms in total. The molecule has 0 aliphatic carbocycles. The average Bonchev–Trinajstić information content (AvgIpc) is 2.11. The Kier molecular flexibility index (Phi) is 3.51. The van der Waals surface area contributed by atoms with Crippen molar-refractivity contribution in [3.8, 4) is 5.75 Å². The maximum Gasteiger partial charge on any atom is 0.573 e. The van der Waals surface area contributed by atoms with Crippen LogP contribution in [0.2, 0.25) is 5.02 Å². The van der Waals surface area contributed by atoms with Gasteiger partial charge in [-0.3, -0.25) is 0 Å². The monoisotopic (exact) mass is 251 g/mol. The van der Waals surface area contributed by atoms with E-state index in [0.717, 1.165) is 12.1 Å². The summed E-state index contributed by atoms with van der Waals surface area (Å²) < 4.78 is 39.5. The van der Waals surface area contributed by atoms with Gasteiger partial charge in [0.2, 0.25) is 0 Å². The van der Waals surface area contributed by atoms with Gasteiger partial charge in [0.1, 0.15) is 5.75 Å². The minimum atomic E-state index is -4.81. The Hall–Kier alpha value is -1.59. The number of azide groups is 1. The first-order valence-corrected chi connectivity index (χ1v) is 4.32. The molecule has 0 atom stereocenters. The summed E-state index contributed by atoms with van der Waals surface area (Å²) in [7, 11) is 0. The zero-order valence-electron chi connectivity index (χ0n) is 7.92. The van der Waals surface area contributed by atoms with Crippen LogP contribution in [0.1, 0.15) is 5.56 Å². The Labute approximate surface area is 93.2 Å². The third kappa shape index (κ3) is 3.22. The minimum Gasteiger partial charge on any atom is -0.404 e. The van der Waals surface area contributed by atoms with Gasteiger partial charge < -0.3 is 4.74 Å². The summed E-state index contributed by atoms with van der Waals surface area (Å²) in [6.45, 7) is 1.48. The van der Waals surface area contributed by atoms with Crippen molar-refractivity contribution in [3.05, 3.63) is 33.2 Å². The van der Waals surface area contributed by atoms with Crippen LogP contribution in [0.15, 0.2) is 17.2 Å². The number of alkyl halides is 3. The summed E-state index contributed by atoms with van der Waals surface area (Å²) in [5.41, 5.74) is 8.68. The highest BCUT2D eigenvalue weighted by Crippen LogP contribution is 2.35. The van der Waals surface area contributed by atoms with E-state index in [9.17, 15) is 13.2 Å². The molecule has 86 valence electrons. The van der Waals surface area contributed by atoms with Gasteiger partial charge in [-0.1, -0.05) is 16.7 Å². The first kappa shape index (κ1) is 12.5. The predicted molar refractivity (Wildman–Crippen MR) is 51.7 cm³/mol. The van der Waals surface area contributed by atoms with Crippen molar-refractivity contribution in [2.75, 3.05) is 0 Å². The van der Waals surface area contributed by atoms with E-state index in [1.165, 1.54) is 6.92 Å². The second-order valence-electron chi connectivity index (χ2n) is 2.81. The molecule has 1 aromatic carbocycles. The summed E-state index contributed by atoms with van der Waals surface area (Å²) in [5.74, 6) is -0.524. The number of benzene rings is 1. The molecule has 0 aromatic heterocycles. The van der Waals surface area contributed by atoms with Crippen LogP contribution in [-0.4, -0.2) is 6.36 Å². The molecule has 0 N–H and O–H groups in total. The zero-order chi connectivity index (χ0) is 12.3. The smallest absolute Gasteiger partial charge is 0.404 e. The summed E-state index contributed by atoms with van der Waals surface area (Å²) in [5, 5.41) is 2.99. The number of nitrogens with zero attached hydrogens (tertiary/aromatic N) is 3. The highest BCUT2D eigenvalue weighted by atomic mass is 35.5. The lowest BCUT2D eigenvalue weighted by Gasteiger charge is -2.11. The van der Waals surface area contributed by atoms with Crippen LogP contribution in [0.25, 0.3) is 10.4 Å². The number of hydrogen-bond donors (Lipinski definition) is 0. The van der Waals surface area contributed by atoms with Gasteiger partial charge in [0, 0.05) is 10.6 Å². The molecule has 0 aliphatic rings. The Morgan fingerprint density at radius 3 is 2.56 bits per heavy atom. The summed E-state index contributed by atoms with van der Waals surface area (Å²) in [6.07, 6.45) is -4.81. The summed E-state index contributed by atoms with van der Waals surface area (Å²) >= 11 is 5.53. The molecule has 16 heavy (non-hydrogen) atoms. The maximum absolute atomic E-state index is 11.9. The van der Waals surface area contributed by atoms with Crippen LogP contribution < -0.4 is 4.74 Å². The molecule has 0 bridgehead atoms. The number of rotatable bonds is 2. The normalized spacial score (nSPS) is 10.8. The third-order valence-corrected chi connectivity index (χ3v) is 1.92. The standard InChI is InChI=1S/C8H5ClF3N3O/c1-4-2-7(16-8(10,11)12)5(9)3-6(4)14-15-13/h2-3H,1H3. The first-order valence-electron chi connectivity index (χ1n) is 3.94. The van der Waals surface area contributed by atoms with Crippen molar-refractivity contribution in [1.82, 2.24) is 0 Å². The van der Waals surface area contributed by atoms with Crippen molar-refractivity contribution >= 4 is 17.3 Å². The van der Waals surface area contributed by atoms with Crippen molar-refractivity contribution < 1.29 is 17.9 Å². The van der Waals surface area contributed by atoms with Crippen LogP contribution in [0.3, 0.4) is 0 Å².